The summed E-state index contributed by atoms with van der Waals surface area (Å²) < 4.78 is 0. The van der Waals surface area contributed by atoms with Crippen molar-refractivity contribution in [1.82, 2.24) is 9.97 Å². The molecule has 0 bridgehead atoms. The first kappa shape index (κ1) is 13.8. The molecule has 0 amide bonds. The second-order valence-electron chi connectivity index (χ2n) is 4.19. The predicted octanol–water partition coefficient (Wildman–Crippen LogP) is 1.30. The maximum Gasteiger partial charge on any atom is 0.326 e. The van der Waals surface area contributed by atoms with Gasteiger partial charge in [-0.25, -0.2) is 14.8 Å². The van der Waals surface area contributed by atoms with Crippen LogP contribution in [-0.4, -0.2) is 32.0 Å². The van der Waals surface area contributed by atoms with Crippen molar-refractivity contribution >= 4 is 17.6 Å². The van der Waals surface area contributed by atoms with Gasteiger partial charge in [0.25, 0.3) is 0 Å². The topological polar surface area (TPSA) is 118 Å². The molecule has 0 saturated heterocycles. The average molecular weight is 254 g/mol. The second-order valence-corrected chi connectivity index (χ2v) is 4.19. The average Bonchev–Trinajstić information content (AvgIpc) is 2.28. The van der Waals surface area contributed by atoms with Crippen LogP contribution >= 0.6 is 0 Å². The van der Waals surface area contributed by atoms with Gasteiger partial charge < -0.3 is 10.4 Å². The van der Waals surface area contributed by atoms with Gasteiger partial charge in [0.15, 0.2) is 0 Å². The van der Waals surface area contributed by atoms with Crippen molar-refractivity contribution in [3.63, 3.8) is 0 Å². The molecule has 8 nitrogen and oxygen atoms in total. The van der Waals surface area contributed by atoms with Crippen LogP contribution < -0.4 is 5.32 Å². The van der Waals surface area contributed by atoms with E-state index in [1.165, 1.54) is 0 Å². The Kier molecular flexibility index (Phi) is 4.52. The van der Waals surface area contributed by atoms with Gasteiger partial charge in [-0.3, -0.25) is 10.1 Å². The molecular formula is C10H14N4O4. The number of anilines is 1. The van der Waals surface area contributed by atoms with Crippen LogP contribution in [0.2, 0.25) is 0 Å². The number of rotatable bonds is 6. The molecule has 0 aliphatic rings. The summed E-state index contributed by atoms with van der Waals surface area (Å²) in [6, 6.07) is -0.813. The lowest BCUT2D eigenvalue weighted by molar-refractivity contribution is -0.385. The molecule has 1 aromatic rings. The molecule has 0 fully saturated rings. The van der Waals surface area contributed by atoms with Crippen LogP contribution in [0.15, 0.2) is 12.4 Å². The van der Waals surface area contributed by atoms with E-state index in [1.54, 1.807) is 0 Å². The van der Waals surface area contributed by atoms with Crippen LogP contribution in [0.3, 0.4) is 0 Å². The maximum absolute atomic E-state index is 11.0. The number of carboxylic acids is 1. The number of nitrogens with zero attached hydrogens (tertiary/aromatic N) is 3. The molecule has 0 radical (unpaired) electrons. The smallest absolute Gasteiger partial charge is 0.326 e. The zero-order valence-electron chi connectivity index (χ0n) is 10.0. The summed E-state index contributed by atoms with van der Waals surface area (Å²) in [5.41, 5.74) is -0.240. The number of hydrogen-bond donors (Lipinski definition) is 2. The highest BCUT2D eigenvalue weighted by atomic mass is 16.6. The molecule has 2 N–H and O–H groups in total. The van der Waals surface area contributed by atoms with E-state index in [4.69, 9.17) is 5.11 Å². The zero-order valence-corrected chi connectivity index (χ0v) is 10.0. The highest BCUT2D eigenvalue weighted by Gasteiger charge is 2.20. The highest BCUT2D eigenvalue weighted by Crippen LogP contribution is 2.12. The normalized spacial score (nSPS) is 12.2. The predicted molar refractivity (Wildman–Crippen MR) is 63.2 cm³/mol. The third-order valence-electron chi connectivity index (χ3n) is 2.16. The summed E-state index contributed by atoms with van der Waals surface area (Å²) in [6.07, 6.45) is 2.48. The number of nitro groups is 1. The molecule has 1 atom stereocenters. The minimum absolute atomic E-state index is 0.0636. The molecule has 0 aliphatic heterocycles. The molecule has 0 saturated carbocycles. The summed E-state index contributed by atoms with van der Waals surface area (Å²) in [7, 11) is 0. The summed E-state index contributed by atoms with van der Waals surface area (Å²) in [5.74, 6) is -0.754. The Morgan fingerprint density at radius 1 is 1.50 bits per heavy atom. The Morgan fingerprint density at radius 2 is 2.06 bits per heavy atom. The fraction of sp³-hybridized carbons (Fsp3) is 0.500. The quantitative estimate of drug-likeness (QED) is 0.580. The van der Waals surface area contributed by atoms with Crippen LogP contribution in [0.5, 0.6) is 0 Å². The number of aliphatic carboxylic acids is 1. The minimum atomic E-state index is -1.01. The van der Waals surface area contributed by atoms with Gasteiger partial charge >= 0.3 is 11.7 Å². The van der Waals surface area contributed by atoms with E-state index in [1.807, 2.05) is 13.8 Å². The molecule has 8 heteroatoms. The van der Waals surface area contributed by atoms with Crippen molar-refractivity contribution in [2.24, 2.45) is 5.92 Å². The van der Waals surface area contributed by atoms with Crippen LogP contribution in [-0.2, 0) is 4.79 Å². The van der Waals surface area contributed by atoms with Gasteiger partial charge in [-0.2, -0.15) is 0 Å². The van der Waals surface area contributed by atoms with Crippen LogP contribution in [0.25, 0.3) is 0 Å². The monoisotopic (exact) mass is 254 g/mol. The Balaban J connectivity index is 2.75. The lowest BCUT2D eigenvalue weighted by Crippen LogP contribution is -2.31. The van der Waals surface area contributed by atoms with Crippen LogP contribution in [0, 0.1) is 16.0 Å². The van der Waals surface area contributed by atoms with E-state index in [0.29, 0.717) is 6.42 Å². The Hall–Kier alpha value is -2.25. The summed E-state index contributed by atoms with van der Waals surface area (Å²) >= 11 is 0. The van der Waals surface area contributed by atoms with Gasteiger partial charge in [0.05, 0.1) is 4.92 Å². The molecule has 1 aromatic heterocycles. The summed E-state index contributed by atoms with van der Waals surface area (Å²) in [5, 5.41) is 22.0. The lowest BCUT2D eigenvalue weighted by Gasteiger charge is -2.15. The van der Waals surface area contributed by atoms with Crippen molar-refractivity contribution in [3.05, 3.63) is 22.5 Å². The van der Waals surface area contributed by atoms with Gasteiger partial charge in [0.1, 0.15) is 18.4 Å². The Bertz CT molecular complexity index is 432. The molecule has 0 aromatic carbocycles. The lowest BCUT2D eigenvalue weighted by atomic mass is 10.0. The highest BCUT2D eigenvalue weighted by molar-refractivity contribution is 5.76. The first-order chi connectivity index (χ1) is 8.40. The molecule has 18 heavy (non-hydrogen) atoms. The van der Waals surface area contributed by atoms with Crippen molar-refractivity contribution in [1.29, 1.82) is 0 Å². The standard InChI is InChI=1S/C10H14N4O4/c1-6(2)3-8(9(15)16)13-10-11-4-7(5-12-10)14(17)18/h4-6,8H,3H2,1-2H3,(H,15,16)(H,11,12,13). The largest absolute Gasteiger partial charge is 0.480 e. The van der Waals surface area contributed by atoms with Crippen molar-refractivity contribution < 1.29 is 14.8 Å². The number of carboxylic acid groups (broad SMARTS) is 1. The van der Waals surface area contributed by atoms with E-state index in [9.17, 15) is 14.9 Å². The Labute approximate surface area is 103 Å². The molecule has 1 rings (SSSR count). The van der Waals surface area contributed by atoms with E-state index < -0.39 is 16.9 Å². The van der Waals surface area contributed by atoms with Gasteiger partial charge in [-0.05, 0) is 12.3 Å². The van der Waals surface area contributed by atoms with Crippen LogP contribution in [0.4, 0.5) is 11.6 Å². The molecule has 98 valence electrons. The number of carbonyl (C=O) groups is 1. The molecule has 1 unspecified atom stereocenters. The van der Waals surface area contributed by atoms with Gasteiger partial charge in [-0.1, -0.05) is 13.8 Å². The summed E-state index contributed by atoms with van der Waals surface area (Å²) in [6.45, 7) is 3.79. The number of nitrogens with one attached hydrogen (secondary N) is 1. The van der Waals surface area contributed by atoms with Crippen molar-refractivity contribution in [3.8, 4) is 0 Å². The summed E-state index contributed by atoms with van der Waals surface area (Å²) in [4.78, 5) is 28.2. The van der Waals surface area contributed by atoms with E-state index in [0.717, 1.165) is 12.4 Å². The first-order valence-corrected chi connectivity index (χ1v) is 5.36. The van der Waals surface area contributed by atoms with E-state index in [-0.39, 0.29) is 17.6 Å². The minimum Gasteiger partial charge on any atom is -0.480 e. The third-order valence-corrected chi connectivity index (χ3v) is 2.16. The molecule has 1 heterocycles. The SMILES string of the molecule is CC(C)CC(Nc1ncc([N+](=O)[O-])cn1)C(=O)O. The number of hydrogen-bond acceptors (Lipinski definition) is 6. The van der Waals surface area contributed by atoms with Crippen molar-refractivity contribution in [2.45, 2.75) is 26.3 Å². The molecule has 0 spiro atoms. The maximum atomic E-state index is 11.0. The van der Waals surface area contributed by atoms with Crippen LogP contribution in [0.1, 0.15) is 20.3 Å². The molecular weight excluding hydrogens is 240 g/mol. The third kappa shape index (κ3) is 3.96. The van der Waals surface area contributed by atoms with Gasteiger partial charge in [0.2, 0.25) is 5.95 Å². The second kappa shape index (κ2) is 5.89. The van der Waals surface area contributed by atoms with Gasteiger partial charge in [0, 0.05) is 0 Å². The fourth-order valence-corrected chi connectivity index (χ4v) is 1.34. The Morgan fingerprint density at radius 3 is 2.44 bits per heavy atom. The van der Waals surface area contributed by atoms with E-state index >= 15 is 0 Å². The van der Waals surface area contributed by atoms with Gasteiger partial charge in [-0.15, -0.1) is 0 Å². The number of aromatic nitrogens is 2. The molecule has 0 aliphatic carbocycles. The fourth-order valence-electron chi connectivity index (χ4n) is 1.34. The zero-order chi connectivity index (χ0) is 13.7. The van der Waals surface area contributed by atoms with Crippen molar-refractivity contribution in [2.75, 3.05) is 5.32 Å². The first-order valence-electron chi connectivity index (χ1n) is 5.36. The van der Waals surface area contributed by atoms with E-state index in [2.05, 4.69) is 15.3 Å².